The summed E-state index contributed by atoms with van der Waals surface area (Å²) in [7, 11) is 0. The summed E-state index contributed by atoms with van der Waals surface area (Å²) >= 11 is 6.10. The molecule has 0 amide bonds. The van der Waals surface area contributed by atoms with Crippen LogP contribution >= 0.6 is 11.6 Å². The molecule has 146 valence electrons. The molecule has 5 nitrogen and oxygen atoms in total. The Bertz CT molecular complexity index is 888. The minimum Gasteiger partial charge on any atom is -0.489 e. The second-order valence-corrected chi connectivity index (χ2v) is 8.02. The molecule has 0 saturated carbocycles. The topological polar surface area (TPSA) is 65.7 Å². The van der Waals surface area contributed by atoms with Crippen molar-refractivity contribution in [3.8, 4) is 17.6 Å². The van der Waals surface area contributed by atoms with E-state index in [0.717, 1.165) is 43.1 Å². The SMILES string of the molecule is N#Cc1ccccc1OC[C@H](O)CN1CCC2(CC1)Cc1cc(Cl)ccc1O2. The van der Waals surface area contributed by atoms with Gasteiger partial charge in [0.05, 0.1) is 5.56 Å². The lowest BCUT2D eigenvalue weighted by Crippen LogP contribution is -2.49. The number of halogens is 1. The van der Waals surface area contributed by atoms with Gasteiger partial charge in [0.25, 0.3) is 0 Å². The van der Waals surface area contributed by atoms with Gasteiger partial charge in [-0.3, -0.25) is 0 Å². The van der Waals surface area contributed by atoms with Gasteiger partial charge in [0.15, 0.2) is 0 Å². The molecule has 0 unspecified atom stereocenters. The lowest BCUT2D eigenvalue weighted by atomic mass is 9.87. The molecular weight excluding hydrogens is 376 g/mol. The number of nitrogens with zero attached hydrogens (tertiary/aromatic N) is 2. The Labute approximate surface area is 170 Å². The summed E-state index contributed by atoms with van der Waals surface area (Å²) in [5.74, 6) is 1.46. The molecule has 2 heterocycles. The van der Waals surface area contributed by atoms with Gasteiger partial charge in [0.2, 0.25) is 0 Å². The normalized spacial score (nSPS) is 18.9. The fraction of sp³-hybridized carbons (Fsp3) is 0.409. The smallest absolute Gasteiger partial charge is 0.137 e. The minimum absolute atomic E-state index is 0.142. The number of nitriles is 1. The van der Waals surface area contributed by atoms with Gasteiger partial charge in [-0.15, -0.1) is 0 Å². The van der Waals surface area contributed by atoms with Gasteiger partial charge in [-0.05, 0) is 35.9 Å². The number of aliphatic hydroxyl groups excluding tert-OH is 1. The van der Waals surface area contributed by atoms with E-state index in [0.29, 0.717) is 17.9 Å². The molecule has 0 aromatic heterocycles. The highest BCUT2D eigenvalue weighted by Gasteiger charge is 2.42. The van der Waals surface area contributed by atoms with Gasteiger partial charge in [0.1, 0.15) is 35.9 Å². The van der Waals surface area contributed by atoms with Crippen LogP contribution in [0.1, 0.15) is 24.0 Å². The third-order valence-corrected chi connectivity index (χ3v) is 5.77. The van der Waals surface area contributed by atoms with Gasteiger partial charge < -0.3 is 19.5 Å². The maximum atomic E-state index is 10.4. The zero-order chi connectivity index (χ0) is 19.6. The zero-order valence-corrected chi connectivity index (χ0v) is 16.4. The molecule has 4 rings (SSSR count). The summed E-state index contributed by atoms with van der Waals surface area (Å²) in [6, 6.07) is 15.0. The van der Waals surface area contributed by atoms with Crippen molar-refractivity contribution < 1.29 is 14.6 Å². The number of β-amino-alcohol motifs (C(OH)–C–C–N with tert-alkyl or cyclic N) is 1. The van der Waals surface area contributed by atoms with Crippen molar-refractivity contribution in [3.05, 3.63) is 58.6 Å². The van der Waals surface area contributed by atoms with E-state index in [9.17, 15) is 5.11 Å². The van der Waals surface area contributed by atoms with Crippen LogP contribution < -0.4 is 9.47 Å². The van der Waals surface area contributed by atoms with Crippen LogP contribution in [0.4, 0.5) is 0 Å². The van der Waals surface area contributed by atoms with Crippen molar-refractivity contribution in [2.75, 3.05) is 26.2 Å². The first-order valence-electron chi connectivity index (χ1n) is 9.57. The quantitative estimate of drug-likeness (QED) is 0.835. The van der Waals surface area contributed by atoms with Crippen LogP contribution in [0.5, 0.6) is 11.5 Å². The van der Waals surface area contributed by atoms with Crippen LogP contribution in [0.2, 0.25) is 5.02 Å². The maximum Gasteiger partial charge on any atom is 0.137 e. The Kier molecular flexibility index (Phi) is 5.45. The van der Waals surface area contributed by atoms with Crippen molar-refractivity contribution in [2.24, 2.45) is 0 Å². The van der Waals surface area contributed by atoms with Crippen molar-refractivity contribution in [2.45, 2.75) is 31.0 Å². The summed E-state index contributed by atoms with van der Waals surface area (Å²) in [6.07, 6.45) is 2.13. The summed E-state index contributed by atoms with van der Waals surface area (Å²) in [6.45, 7) is 2.45. The number of hydrogen-bond acceptors (Lipinski definition) is 5. The first kappa shape index (κ1) is 19.1. The van der Waals surface area contributed by atoms with E-state index in [1.165, 1.54) is 5.56 Å². The molecule has 1 fully saturated rings. The van der Waals surface area contributed by atoms with E-state index in [-0.39, 0.29) is 12.2 Å². The van der Waals surface area contributed by atoms with Crippen LogP contribution in [-0.2, 0) is 6.42 Å². The lowest BCUT2D eigenvalue weighted by Gasteiger charge is -2.39. The fourth-order valence-electron chi connectivity index (χ4n) is 4.05. The van der Waals surface area contributed by atoms with Crippen molar-refractivity contribution >= 4 is 11.6 Å². The largest absolute Gasteiger partial charge is 0.489 e. The van der Waals surface area contributed by atoms with Crippen LogP contribution in [-0.4, -0.2) is 48.0 Å². The average Bonchev–Trinajstić information content (AvgIpc) is 3.05. The Hall–Kier alpha value is -2.26. The highest BCUT2D eigenvalue weighted by Crippen LogP contribution is 2.41. The first-order valence-corrected chi connectivity index (χ1v) is 9.94. The third-order valence-electron chi connectivity index (χ3n) is 5.54. The number of aliphatic hydroxyl groups is 1. The summed E-state index contributed by atoms with van der Waals surface area (Å²) < 4.78 is 11.9. The standard InChI is InChI=1S/C22H23ClN2O3/c23-18-5-6-21-17(11-18)12-22(28-21)7-9-25(10-8-22)14-19(26)15-27-20-4-2-1-3-16(20)13-24/h1-6,11,19,26H,7-10,12,14-15H2/t19-/m1/s1. The molecule has 0 radical (unpaired) electrons. The van der Waals surface area contributed by atoms with Crippen LogP contribution in [0.25, 0.3) is 0 Å². The number of piperidine rings is 1. The maximum absolute atomic E-state index is 10.4. The Balaban J connectivity index is 1.26. The monoisotopic (exact) mass is 398 g/mol. The number of rotatable bonds is 5. The number of ether oxygens (including phenoxy) is 2. The van der Waals surface area contributed by atoms with Crippen LogP contribution in [0.15, 0.2) is 42.5 Å². The van der Waals surface area contributed by atoms with Crippen LogP contribution in [0.3, 0.4) is 0 Å². The van der Waals surface area contributed by atoms with E-state index in [2.05, 4.69) is 11.0 Å². The molecule has 0 aliphatic carbocycles. The van der Waals surface area contributed by atoms with Gasteiger partial charge >= 0.3 is 0 Å². The summed E-state index contributed by atoms with van der Waals surface area (Å²) in [4.78, 5) is 2.24. The molecule has 1 atom stereocenters. The number of likely N-dealkylation sites (tertiary alicyclic amines) is 1. The molecule has 1 N–H and O–H groups in total. The molecular formula is C22H23ClN2O3. The van der Waals surface area contributed by atoms with Crippen molar-refractivity contribution in [1.29, 1.82) is 5.26 Å². The second-order valence-electron chi connectivity index (χ2n) is 7.59. The molecule has 1 spiro atoms. The molecule has 28 heavy (non-hydrogen) atoms. The second kappa shape index (κ2) is 8.00. The molecule has 6 heteroatoms. The highest BCUT2D eigenvalue weighted by molar-refractivity contribution is 6.30. The van der Waals surface area contributed by atoms with Gasteiger partial charge in [-0.2, -0.15) is 5.26 Å². The number of para-hydroxylation sites is 1. The molecule has 2 aromatic rings. The van der Waals surface area contributed by atoms with Crippen molar-refractivity contribution in [3.63, 3.8) is 0 Å². The molecule has 2 aliphatic rings. The highest BCUT2D eigenvalue weighted by atomic mass is 35.5. The van der Waals surface area contributed by atoms with E-state index >= 15 is 0 Å². The van der Waals surface area contributed by atoms with E-state index < -0.39 is 6.10 Å². The van der Waals surface area contributed by atoms with Gasteiger partial charge in [-0.1, -0.05) is 23.7 Å². The number of hydrogen-bond donors (Lipinski definition) is 1. The molecule has 0 bridgehead atoms. The first-order chi connectivity index (χ1) is 13.6. The minimum atomic E-state index is -0.610. The molecule has 2 aliphatic heterocycles. The van der Waals surface area contributed by atoms with Gasteiger partial charge in [0, 0.05) is 43.9 Å². The average molecular weight is 399 g/mol. The predicted molar refractivity (Wildman–Crippen MR) is 107 cm³/mol. The Morgan fingerprint density at radius 3 is 2.82 bits per heavy atom. The van der Waals surface area contributed by atoms with Crippen molar-refractivity contribution in [1.82, 2.24) is 4.90 Å². The van der Waals surface area contributed by atoms with E-state index in [1.54, 1.807) is 18.2 Å². The van der Waals surface area contributed by atoms with Crippen LogP contribution in [0, 0.1) is 11.3 Å². The summed E-state index contributed by atoms with van der Waals surface area (Å²) in [5.41, 5.74) is 1.52. The zero-order valence-electron chi connectivity index (χ0n) is 15.6. The number of benzene rings is 2. The Morgan fingerprint density at radius 1 is 1.25 bits per heavy atom. The third kappa shape index (κ3) is 4.10. The van der Waals surface area contributed by atoms with E-state index in [1.807, 2.05) is 24.3 Å². The Morgan fingerprint density at radius 2 is 2.04 bits per heavy atom. The lowest BCUT2D eigenvalue weighted by molar-refractivity contribution is -0.00197. The predicted octanol–water partition coefficient (Wildman–Crippen LogP) is 3.42. The summed E-state index contributed by atoms with van der Waals surface area (Å²) in [5, 5.41) is 20.2. The molecule has 1 saturated heterocycles. The number of fused-ring (bicyclic) bond motifs is 1. The fourth-order valence-corrected chi connectivity index (χ4v) is 4.24. The van der Waals surface area contributed by atoms with Gasteiger partial charge in [-0.25, -0.2) is 0 Å². The molecule has 2 aromatic carbocycles. The van der Waals surface area contributed by atoms with E-state index in [4.69, 9.17) is 26.3 Å².